The van der Waals surface area contributed by atoms with E-state index in [1.807, 2.05) is 0 Å². The number of hydrogen-bond donors (Lipinski definition) is 2. The molecule has 1 aliphatic rings. The Bertz CT molecular complexity index is 141. The molecule has 1 fully saturated rings. The van der Waals surface area contributed by atoms with Gasteiger partial charge in [-0.3, -0.25) is 4.79 Å². The molecular formula is C9H18N2O. The first-order valence-electron chi connectivity index (χ1n) is 4.74. The van der Waals surface area contributed by atoms with Gasteiger partial charge in [0.1, 0.15) is 0 Å². The van der Waals surface area contributed by atoms with Crippen LogP contribution in [0.4, 0.5) is 0 Å². The summed E-state index contributed by atoms with van der Waals surface area (Å²) in [5.74, 6) is 0.982. The minimum absolute atomic E-state index is 0.168. The average Bonchev–Trinajstić information content (AvgIpc) is 2.57. The van der Waals surface area contributed by atoms with Gasteiger partial charge in [0, 0.05) is 13.5 Å². The summed E-state index contributed by atoms with van der Waals surface area (Å²) in [6, 6.07) is 0. The SMILES string of the molecule is CNC(=O)CCCC1CCNC1. The Morgan fingerprint density at radius 1 is 1.67 bits per heavy atom. The van der Waals surface area contributed by atoms with Crippen molar-refractivity contribution in [1.29, 1.82) is 0 Å². The molecule has 1 unspecified atom stereocenters. The highest BCUT2D eigenvalue weighted by atomic mass is 16.1. The second-order valence-corrected chi connectivity index (χ2v) is 3.42. The summed E-state index contributed by atoms with van der Waals surface area (Å²) in [7, 11) is 1.69. The van der Waals surface area contributed by atoms with Crippen molar-refractivity contribution < 1.29 is 4.79 Å². The van der Waals surface area contributed by atoms with E-state index in [-0.39, 0.29) is 5.91 Å². The Labute approximate surface area is 73.9 Å². The third-order valence-electron chi connectivity index (χ3n) is 2.46. The summed E-state index contributed by atoms with van der Waals surface area (Å²) >= 11 is 0. The van der Waals surface area contributed by atoms with Gasteiger partial charge in [-0.1, -0.05) is 0 Å². The van der Waals surface area contributed by atoms with Gasteiger partial charge in [-0.2, -0.15) is 0 Å². The number of amides is 1. The van der Waals surface area contributed by atoms with E-state index < -0.39 is 0 Å². The van der Waals surface area contributed by atoms with Gasteiger partial charge in [0.2, 0.25) is 5.91 Å². The summed E-state index contributed by atoms with van der Waals surface area (Å²) in [5, 5.41) is 5.96. The maximum Gasteiger partial charge on any atom is 0.219 e. The molecule has 2 N–H and O–H groups in total. The second kappa shape index (κ2) is 5.14. The molecule has 1 heterocycles. The van der Waals surface area contributed by atoms with Crippen molar-refractivity contribution in [3.8, 4) is 0 Å². The van der Waals surface area contributed by atoms with Crippen molar-refractivity contribution in [3.05, 3.63) is 0 Å². The highest BCUT2D eigenvalue weighted by molar-refractivity contribution is 5.75. The van der Waals surface area contributed by atoms with E-state index in [0.29, 0.717) is 6.42 Å². The van der Waals surface area contributed by atoms with E-state index in [1.165, 1.54) is 12.8 Å². The molecule has 3 nitrogen and oxygen atoms in total. The van der Waals surface area contributed by atoms with Crippen molar-refractivity contribution in [2.24, 2.45) is 5.92 Å². The molecule has 0 saturated carbocycles. The highest BCUT2D eigenvalue weighted by Gasteiger charge is 2.13. The van der Waals surface area contributed by atoms with E-state index in [9.17, 15) is 4.79 Å². The minimum atomic E-state index is 0.168. The minimum Gasteiger partial charge on any atom is -0.359 e. The summed E-state index contributed by atoms with van der Waals surface area (Å²) in [4.78, 5) is 10.9. The molecule has 0 spiro atoms. The summed E-state index contributed by atoms with van der Waals surface area (Å²) in [5.41, 5.74) is 0. The van der Waals surface area contributed by atoms with Crippen LogP contribution in [0.3, 0.4) is 0 Å². The molecular weight excluding hydrogens is 152 g/mol. The van der Waals surface area contributed by atoms with Gasteiger partial charge >= 0.3 is 0 Å². The smallest absolute Gasteiger partial charge is 0.219 e. The molecule has 1 aliphatic heterocycles. The Hall–Kier alpha value is -0.570. The molecule has 0 aromatic heterocycles. The van der Waals surface area contributed by atoms with Crippen molar-refractivity contribution >= 4 is 5.91 Å². The van der Waals surface area contributed by atoms with Crippen molar-refractivity contribution in [2.45, 2.75) is 25.7 Å². The normalized spacial score (nSPS) is 22.6. The van der Waals surface area contributed by atoms with Crippen LogP contribution in [0.5, 0.6) is 0 Å². The van der Waals surface area contributed by atoms with Gasteiger partial charge in [-0.05, 0) is 38.3 Å². The zero-order chi connectivity index (χ0) is 8.81. The summed E-state index contributed by atoms with van der Waals surface area (Å²) in [6.45, 7) is 2.30. The monoisotopic (exact) mass is 170 g/mol. The number of rotatable bonds is 4. The van der Waals surface area contributed by atoms with Gasteiger partial charge < -0.3 is 10.6 Å². The molecule has 1 atom stereocenters. The van der Waals surface area contributed by atoms with Crippen LogP contribution >= 0.6 is 0 Å². The molecule has 0 bridgehead atoms. The third kappa shape index (κ3) is 3.22. The van der Waals surface area contributed by atoms with Gasteiger partial charge in [0.05, 0.1) is 0 Å². The van der Waals surface area contributed by atoms with Crippen LogP contribution in [0.1, 0.15) is 25.7 Å². The molecule has 0 aromatic rings. The molecule has 1 saturated heterocycles. The van der Waals surface area contributed by atoms with E-state index in [2.05, 4.69) is 10.6 Å². The molecule has 12 heavy (non-hydrogen) atoms. The zero-order valence-electron chi connectivity index (χ0n) is 7.73. The van der Waals surface area contributed by atoms with Crippen LogP contribution in [-0.4, -0.2) is 26.0 Å². The number of hydrogen-bond acceptors (Lipinski definition) is 2. The Morgan fingerprint density at radius 3 is 3.08 bits per heavy atom. The number of carbonyl (C=O) groups is 1. The van der Waals surface area contributed by atoms with Gasteiger partial charge in [0.25, 0.3) is 0 Å². The zero-order valence-corrected chi connectivity index (χ0v) is 7.73. The maximum atomic E-state index is 10.9. The molecule has 0 aromatic carbocycles. The van der Waals surface area contributed by atoms with E-state index in [0.717, 1.165) is 25.4 Å². The average molecular weight is 170 g/mol. The predicted molar refractivity (Wildman–Crippen MR) is 48.9 cm³/mol. The maximum absolute atomic E-state index is 10.9. The van der Waals surface area contributed by atoms with Gasteiger partial charge in [0.15, 0.2) is 0 Å². The molecule has 0 aliphatic carbocycles. The largest absolute Gasteiger partial charge is 0.359 e. The third-order valence-corrected chi connectivity index (χ3v) is 2.46. The quantitative estimate of drug-likeness (QED) is 0.645. The van der Waals surface area contributed by atoms with Gasteiger partial charge in [-0.25, -0.2) is 0 Å². The first-order valence-corrected chi connectivity index (χ1v) is 4.74. The lowest BCUT2D eigenvalue weighted by molar-refractivity contribution is -0.120. The first kappa shape index (κ1) is 9.52. The van der Waals surface area contributed by atoms with Gasteiger partial charge in [-0.15, -0.1) is 0 Å². The fourth-order valence-electron chi connectivity index (χ4n) is 1.64. The van der Waals surface area contributed by atoms with Crippen LogP contribution < -0.4 is 10.6 Å². The van der Waals surface area contributed by atoms with Crippen LogP contribution in [-0.2, 0) is 4.79 Å². The van der Waals surface area contributed by atoms with E-state index >= 15 is 0 Å². The first-order chi connectivity index (χ1) is 5.83. The van der Waals surface area contributed by atoms with Crippen LogP contribution in [0, 0.1) is 5.92 Å². The Morgan fingerprint density at radius 2 is 2.50 bits per heavy atom. The molecule has 0 radical (unpaired) electrons. The molecule has 1 rings (SSSR count). The summed E-state index contributed by atoms with van der Waals surface area (Å²) in [6.07, 6.45) is 4.20. The number of carbonyl (C=O) groups excluding carboxylic acids is 1. The lowest BCUT2D eigenvalue weighted by atomic mass is 10.0. The van der Waals surface area contributed by atoms with Crippen molar-refractivity contribution in [2.75, 3.05) is 20.1 Å². The standard InChI is InChI=1S/C9H18N2O/c1-10-9(12)4-2-3-8-5-6-11-7-8/h8,11H,2-7H2,1H3,(H,10,12). The topological polar surface area (TPSA) is 41.1 Å². The Balaban J connectivity index is 1.97. The van der Waals surface area contributed by atoms with Crippen LogP contribution in [0.2, 0.25) is 0 Å². The predicted octanol–water partition coefficient (Wildman–Crippen LogP) is 0.512. The fourth-order valence-corrected chi connectivity index (χ4v) is 1.64. The number of nitrogens with one attached hydrogen (secondary N) is 2. The molecule has 1 amide bonds. The Kier molecular flexibility index (Phi) is 4.08. The molecule has 70 valence electrons. The second-order valence-electron chi connectivity index (χ2n) is 3.42. The van der Waals surface area contributed by atoms with Crippen molar-refractivity contribution in [3.63, 3.8) is 0 Å². The van der Waals surface area contributed by atoms with Crippen LogP contribution in [0.25, 0.3) is 0 Å². The van der Waals surface area contributed by atoms with E-state index in [1.54, 1.807) is 7.05 Å². The molecule has 3 heteroatoms. The van der Waals surface area contributed by atoms with Crippen LogP contribution in [0.15, 0.2) is 0 Å². The highest BCUT2D eigenvalue weighted by Crippen LogP contribution is 2.15. The fraction of sp³-hybridized carbons (Fsp3) is 0.889. The lowest BCUT2D eigenvalue weighted by Crippen LogP contribution is -2.17. The van der Waals surface area contributed by atoms with E-state index in [4.69, 9.17) is 0 Å². The summed E-state index contributed by atoms with van der Waals surface area (Å²) < 4.78 is 0. The van der Waals surface area contributed by atoms with Crippen molar-refractivity contribution in [1.82, 2.24) is 10.6 Å². The lowest BCUT2D eigenvalue weighted by Gasteiger charge is -2.06.